The number of benzene rings is 2. The average Bonchev–Trinajstić information content (AvgIpc) is 2.55. The Labute approximate surface area is 138 Å². The number of methoxy groups -OCH3 is 1. The van der Waals surface area contributed by atoms with Crippen LogP contribution in [0, 0.1) is 0 Å². The lowest BCUT2D eigenvalue weighted by Crippen LogP contribution is -2.43. The highest BCUT2D eigenvalue weighted by Crippen LogP contribution is 2.13. The van der Waals surface area contributed by atoms with Gasteiger partial charge in [-0.2, -0.15) is 0 Å². The predicted octanol–water partition coefficient (Wildman–Crippen LogP) is 2.56. The van der Waals surface area contributed by atoms with Gasteiger partial charge in [0.15, 0.2) is 0 Å². The molecular weight excluding hydrogens is 318 g/mol. The molecule has 0 bridgehead atoms. The van der Waals surface area contributed by atoms with Crippen LogP contribution < -0.4 is 5.32 Å². The van der Waals surface area contributed by atoms with E-state index in [2.05, 4.69) is 5.32 Å². The van der Waals surface area contributed by atoms with Gasteiger partial charge in [-0.05, 0) is 35.9 Å². The van der Waals surface area contributed by atoms with Crippen molar-refractivity contribution in [2.45, 2.75) is 12.5 Å². The van der Waals surface area contributed by atoms with Crippen molar-refractivity contribution in [2.24, 2.45) is 0 Å². The van der Waals surface area contributed by atoms with E-state index in [1.807, 2.05) is 0 Å². The minimum absolute atomic E-state index is 0.0232. The molecule has 0 aromatic heterocycles. The third kappa shape index (κ3) is 4.72. The number of hydrogen-bond donors (Lipinski definition) is 2. The molecule has 23 heavy (non-hydrogen) atoms. The zero-order valence-electron chi connectivity index (χ0n) is 12.5. The van der Waals surface area contributed by atoms with Crippen molar-refractivity contribution in [2.75, 3.05) is 7.11 Å². The number of esters is 1. The van der Waals surface area contributed by atoms with E-state index in [0.29, 0.717) is 5.02 Å². The number of phenolic OH excluding ortho intramolecular Hbond substituents is 1. The number of phenols is 1. The minimum Gasteiger partial charge on any atom is -0.508 e. The number of aromatic hydroxyl groups is 1. The van der Waals surface area contributed by atoms with Gasteiger partial charge in [-0.3, -0.25) is 4.79 Å². The van der Waals surface area contributed by atoms with E-state index in [4.69, 9.17) is 16.3 Å². The normalized spacial score (nSPS) is 11.6. The number of hydrogen-bond acceptors (Lipinski definition) is 4. The van der Waals surface area contributed by atoms with Crippen LogP contribution in [0.1, 0.15) is 15.9 Å². The molecular formula is C17H16ClNO4. The van der Waals surface area contributed by atoms with Crippen LogP contribution in [-0.4, -0.2) is 30.1 Å². The van der Waals surface area contributed by atoms with Gasteiger partial charge in [-0.1, -0.05) is 29.8 Å². The summed E-state index contributed by atoms with van der Waals surface area (Å²) in [6.07, 6.45) is 0.272. The zero-order chi connectivity index (χ0) is 16.8. The highest BCUT2D eigenvalue weighted by molar-refractivity contribution is 6.30. The Balaban J connectivity index is 2.13. The lowest BCUT2D eigenvalue weighted by molar-refractivity contribution is -0.142. The number of rotatable bonds is 5. The molecule has 6 heteroatoms. The van der Waals surface area contributed by atoms with Crippen molar-refractivity contribution in [3.05, 3.63) is 64.7 Å². The molecule has 0 spiro atoms. The Morgan fingerprint density at radius 1 is 1.22 bits per heavy atom. The second-order valence-corrected chi connectivity index (χ2v) is 5.37. The van der Waals surface area contributed by atoms with E-state index >= 15 is 0 Å². The van der Waals surface area contributed by atoms with Crippen LogP contribution in [0.25, 0.3) is 0 Å². The van der Waals surface area contributed by atoms with Gasteiger partial charge in [0.25, 0.3) is 5.91 Å². The summed E-state index contributed by atoms with van der Waals surface area (Å²) in [4.78, 5) is 24.1. The molecule has 0 saturated carbocycles. The van der Waals surface area contributed by atoms with E-state index in [0.717, 1.165) is 5.56 Å². The Hall–Kier alpha value is -2.53. The third-order valence-electron chi connectivity index (χ3n) is 3.25. The number of amides is 1. The highest BCUT2D eigenvalue weighted by atomic mass is 35.5. The van der Waals surface area contributed by atoms with Crippen LogP contribution in [0.5, 0.6) is 5.75 Å². The quantitative estimate of drug-likeness (QED) is 0.825. The number of carbonyl (C=O) groups excluding carboxylic acids is 2. The van der Waals surface area contributed by atoms with Crippen LogP contribution in [0.4, 0.5) is 0 Å². The molecule has 1 atom stereocenters. The summed E-state index contributed by atoms with van der Waals surface area (Å²) >= 11 is 5.83. The molecule has 0 radical (unpaired) electrons. The predicted molar refractivity (Wildman–Crippen MR) is 86.5 cm³/mol. The van der Waals surface area contributed by atoms with E-state index < -0.39 is 17.9 Å². The van der Waals surface area contributed by atoms with E-state index in [1.165, 1.54) is 19.2 Å². The fraction of sp³-hybridized carbons (Fsp3) is 0.176. The van der Waals surface area contributed by atoms with Crippen LogP contribution in [0.3, 0.4) is 0 Å². The lowest BCUT2D eigenvalue weighted by Gasteiger charge is -2.17. The van der Waals surface area contributed by atoms with Gasteiger partial charge in [-0.15, -0.1) is 0 Å². The second-order valence-electron chi connectivity index (χ2n) is 4.93. The molecule has 0 aliphatic rings. The van der Waals surface area contributed by atoms with E-state index in [9.17, 15) is 14.7 Å². The first-order valence-electron chi connectivity index (χ1n) is 6.92. The fourth-order valence-corrected chi connectivity index (χ4v) is 2.21. The van der Waals surface area contributed by atoms with Gasteiger partial charge in [0, 0.05) is 17.0 Å². The summed E-state index contributed by atoms with van der Waals surface area (Å²) in [5, 5.41) is 12.6. The van der Waals surface area contributed by atoms with Gasteiger partial charge >= 0.3 is 5.97 Å². The summed E-state index contributed by atoms with van der Waals surface area (Å²) < 4.78 is 4.74. The summed E-state index contributed by atoms with van der Waals surface area (Å²) in [5.41, 5.74) is 1.09. The molecule has 0 saturated heterocycles. The van der Waals surface area contributed by atoms with Gasteiger partial charge in [0.05, 0.1) is 7.11 Å². The maximum Gasteiger partial charge on any atom is 0.328 e. The number of nitrogens with one attached hydrogen (secondary N) is 1. The molecule has 0 heterocycles. The molecule has 120 valence electrons. The molecule has 2 aromatic rings. The Bertz CT molecular complexity index is 700. The van der Waals surface area contributed by atoms with E-state index in [1.54, 1.807) is 36.4 Å². The maximum atomic E-state index is 12.2. The van der Waals surface area contributed by atoms with Crippen molar-refractivity contribution >= 4 is 23.5 Å². The van der Waals surface area contributed by atoms with Crippen molar-refractivity contribution in [1.82, 2.24) is 5.32 Å². The van der Waals surface area contributed by atoms with Crippen LogP contribution in [0.15, 0.2) is 48.5 Å². The first kappa shape index (κ1) is 16.8. The van der Waals surface area contributed by atoms with E-state index in [-0.39, 0.29) is 17.7 Å². The number of ether oxygens (including phenoxy) is 1. The first-order valence-corrected chi connectivity index (χ1v) is 7.29. The molecule has 0 unspecified atom stereocenters. The Kier molecular flexibility index (Phi) is 5.60. The third-order valence-corrected chi connectivity index (χ3v) is 3.50. The molecule has 0 aliphatic heterocycles. The van der Waals surface area contributed by atoms with Crippen LogP contribution in [0.2, 0.25) is 5.02 Å². The molecule has 0 aliphatic carbocycles. The second kappa shape index (κ2) is 7.65. The molecule has 2 aromatic carbocycles. The summed E-state index contributed by atoms with van der Waals surface area (Å²) in [5.74, 6) is -1.04. The van der Waals surface area contributed by atoms with Crippen molar-refractivity contribution in [3.63, 3.8) is 0 Å². The summed E-state index contributed by atoms with van der Waals surface area (Å²) in [6, 6.07) is 12.0. The SMILES string of the molecule is COC(=O)[C@@H](Cc1ccc(Cl)cc1)NC(=O)c1cccc(O)c1. The first-order chi connectivity index (χ1) is 11.0. The number of halogens is 1. The fourth-order valence-electron chi connectivity index (χ4n) is 2.08. The van der Waals surface area contributed by atoms with Gasteiger partial charge in [0.1, 0.15) is 11.8 Å². The lowest BCUT2D eigenvalue weighted by atomic mass is 10.1. The van der Waals surface area contributed by atoms with Crippen molar-refractivity contribution < 1.29 is 19.4 Å². The molecule has 2 N–H and O–H groups in total. The smallest absolute Gasteiger partial charge is 0.328 e. The van der Waals surface area contributed by atoms with Crippen molar-refractivity contribution in [3.8, 4) is 5.75 Å². The van der Waals surface area contributed by atoms with Gasteiger partial charge in [-0.25, -0.2) is 4.79 Å². The zero-order valence-corrected chi connectivity index (χ0v) is 13.2. The Morgan fingerprint density at radius 2 is 1.91 bits per heavy atom. The van der Waals surface area contributed by atoms with Gasteiger partial charge in [0.2, 0.25) is 0 Å². The molecule has 5 nitrogen and oxygen atoms in total. The largest absolute Gasteiger partial charge is 0.508 e. The average molecular weight is 334 g/mol. The molecule has 1 amide bonds. The monoisotopic (exact) mass is 333 g/mol. The summed E-state index contributed by atoms with van der Waals surface area (Å²) in [7, 11) is 1.26. The molecule has 0 fully saturated rings. The van der Waals surface area contributed by atoms with Crippen molar-refractivity contribution in [1.29, 1.82) is 0 Å². The molecule has 2 rings (SSSR count). The highest BCUT2D eigenvalue weighted by Gasteiger charge is 2.22. The Morgan fingerprint density at radius 3 is 2.52 bits per heavy atom. The number of carbonyl (C=O) groups is 2. The van der Waals surface area contributed by atoms with Crippen LogP contribution in [-0.2, 0) is 16.0 Å². The topological polar surface area (TPSA) is 75.6 Å². The maximum absolute atomic E-state index is 12.2. The minimum atomic E-state index is -0.837. The summed E-state index contributed by atoms with van der Waals surface area (Å²) in [6.45, 7) is 0. The van der Waals surface area contributed by atoms with Gasteiger partial charge < -0.3 is 15.2 Å². The standard InChI is InChI=1S/C17H16ClNO4/c1-23-17(22)15(9-11-5-7-13(18)8-6-11)19-16(21)12-3-2-4-14(20)10-12/h2-8,10,15,20H,9H2,1H3,(H,19,21)/t15-/m1/s1. The van der Waals surface area contributed by atoms with Crippen LogP contribution >= 0.6 is 11.6 Å².